The van der Waals surface area contributed by atoms with E-state index in [4.69, 9.17) is 4.74 Å². The number of hydrogen-bond acceptors (Lipinski definition) is 7. The number of nitro benzene ring substituents is 1. The number of nitrogens with zero attached hydrogens (tertiary/aromatic N) is 1. The third-order valence-corrected chi connectivity index (χ3v) is 5.06. The van der Waals surface area contributed by atoms with Gasteiger partial charge in [-0.15, -0.1) is 11.3 Å². The summed E-state index contributed by atoms with van der Waals surface area (Å²) < 4.78 is 5.85. The van der Waals surface area contributed by atoms with E-state index in [2.05, 4.69) is 15.6 Å². The molecule has 9 nitrogen and oxygen atoms in total. The number of benzene rings is 2. The Morgan fingerprint density at radius 3 is 2.70 bits per heavy atom. The van der Waals surface area contributed by atoms with Crippen molar-refractivity contribution >= 4 is 46.5 Å². The van der Waals surface area contributed by atoms with Gasteiger partial charge in [0.25, 0.3) is 17.2 Å². The number of amides is 1. The summed E-state index contributed by atoms with van der Waals surface area (Å²) in [6.45, 7) is 0. The monoisotopic (exact) mass is 426 g/mol. The molecule has 1 heterocycles. The van der Waals surface area contributed by atoms with E-state index in [1.165, 1.54) is 25.3 Å². The highest BCUT2D eigenvalue weighted by Gasteiger charge is 2.12. The van der Waals surface area contributed by atoms with Gasteiger partial charge in [0.05, 0.1) is 22.3 Å². The van der Waals surface area contributed by atoms with Gasteiger partial charge >= 0.3 is 0 Å². The second kappa shape index (κ2) is 9.05. The fourth-order valence-corrected chi connectivity index (χ4v) is 3.60. The zero-order chi connectivity index (χ0) is 21.7. The molecule has 1 amide bonds. The summed E-state index contributed by atoms with van der Waals surface area (Å²) in [6.07, 6.45) is 2.80. The largest absolute Gasteiger partial charge is 0.495 e. The summed E-state index contributed by atoms with van der Waals surface area (Å²) in [5, 5.41) is 16.6. The number of aromatic nitrogens is 1. The first-order chi connectivity index (χ1) is 14.4. The number of methoxy groups -OCH3 is 1. The molecule has 0 saturated heterocycles. The van der Waals surface area contributed by atoms with Crippen molar-refractivity contribution in [1.82, 2.24) is 4.98 Å². The smallest absolute Gasteiger partial charge is 0.292 e. The van der Waals surface area contributed by atoms with E-state index in [1.54, 1.807) is 43.4 Å². The fraction of sp³-hybridized carbons (Fsp3) is 0.100. The molecule has 3 N–H and O–H groups in total. The number of para-hydroxylation sites is 2. The first-order valence-electron chi connectivity index (χ1n) is 8.74. The average Bonchev–Trinajstić information content (AvgIpc) is 3.06. The lowest BCUT2D eigenvalue weighted by molar-refractivity contribution is -0.384. The normalized spacial score (nSPS) is 11.9. The minimum atomic E-state index is -0.497. The summed E-state index contributed by atoms with van der Waals surface area (Å²) in [5.74, 6) is 0.0807. The predicted octanol–water partition coefficient (Wildman–Crippen LogP) is 1.64. The molecule has 0 unspecified atom stereocenters. The van der Waals surface area contributed by atoms with Gasteiger partial charge in [0, 0.05) is 19.2 Å². The molecule has 0 spiro atoms. The molecule has 1 aromatic heterocycles. The zero-order valence-electron chi connectivity index (χ0n) is 16.1. The number of nitro groups is 1. The van der Waals surface area contributed by atoms with Crippen molar-refractivity contribution in [3.8, 4) is 5.75 Å². The Morgan fingerprint density at radius 2 is 2.00 bits per heavy atom. The van der Waals surface area contributed by atoms with Crippen molar-refractivity contribution < 1.29 is 14.5 Å². The van der Waals surface area contributed by atoms with E-state index in [-0.39, 0.29) is 5.69 Å². The Morgan fingerprint density at radius 1 is 1.23 bits per heavy atom. The van der Waals surface area contributed by atoms with Gasteiger partial charge in [0.15, 0.2) is 0 Å². The van der Waals surface area contributed by atoms with E-state index < -0.39 is 16.4 Å². The summed E-state index contributed by atoms with van der Waals surface area (Å²) in [4.78, 5) is 37.8. The van der Waals surface area contributed by atoms with Crippen LogP contribution in [0.3, 0.4) is 0 Å². The maximum atomic E-state index is 12.3. The van der Waals surface area contributed by atoms with Gasteiger partial charge < -0.3 is 20.4 Å². The number of hydrogen-bond donors (Lipinski definition) is 3. The molecule has 0 bridgehead atoms. The van der Waals surface area contributed by atoms with Crippen molar-refractivity contribution in [3.63, 3.8) is 0 Å². The van der Waals surface area contributed by atoms with E-state index in [9.17, 15) is 19.7 Å². The lowest BCUT2D eigenvalue weighted by Gasteiger charge is -2.07. The number of carbonyl (C=O) groups excluding carboxylic acids is 1. The van der Waals surface area contributed by atoms with Crippen LogP contribution in [0.15, 0.2) is 47.3 Å². The number of nitrogens with one attached hydrogen (secondary N) is 3. The van der Waals surface area contributed by atoms with Crippen molar-refractivity contribution in [2.75, 3.05) is 24.8 Å². The standard InChI is InChI=1S/C20H18N4O5S/c1-21-13-8-7-12(9-15(13)24(27)28)10-17-20(26)23-19(30-17)11-18(25)22-14-5-3-4-6-16(14)29-2/h3-11,21H,1-2H3,(H,22,25)(H,23,26)/b17-10-,19-11-. The first kappa shape index (κ1) is 20.8. The van der Waals surface area contributed by atoms with Gasteiger partial charge in [-0.2, -0.15) is 0 Å². The number of aromatic amines is 1. The van der Waals surface area contributed by atoms with E-state index in [0.717, 1.165) is 11.3 Å². The van der Waals surface area contributed by atoms with E-state index >= 15 is 0 Å². The molecule has 2 aromatic carbocycles. The maximum absolute atomic E-state index is 12.3. The number of thiazole rings is 1. The van der Waals surface area contributed by atoms with Crippen LogP contribution in [0.1, 0.15) is 5.56 Å². The molecule has 0 radical (unpaired) electrons. The second-order valence-electron chi connectivity index (χ2n) is 6.05. The molecule has 0 aliphatic rings. The Bertz CT molecular complexity index is 1280. The predicted molar refractivity (Wildman–Crippen MR) is 116 cm³/mol. The average molecular weight is 426 g/mol. The topological polar surface area (TPSA) is 126 Å². The van der Waals surface area contributed by atoms with Crippen molar-refractivity contribution in [1.29, 1.82) is 0 Å². The first-order valence-corrected chi connectivity index (χ1v) is 9.55. The number of rotatable bonds is 6. The lowest BCUT2D eigenvalue weighted by atomic mass is 10.1. The van der Waals surface area contributed by atoms with E-state index in [1.807, 2.05) is 0 Å². The van der Waals surface area contributed by atoms with Crippen LogP contribution in [-0.2, 0) is 4.79 Å². The van der Waals surface area contributed by atoms with Crippen molar-refractivity contribution in [2.45, 2.75) is 0 Å². The maximum Gasteiger partial charge on any atom is 0.292 e. The molecule has 3 rings (SSSR count). The molecule has 0 fully saturated rings. The van der Waals surface area contributed by atoms with Crippen LogP contribution in [0, 0.1) is 10.1 Å². The highest BCUT2D eigenvalue weighted by Crippen LogP contribution is 2.25. The molecular weight excluding hydrogens is 408 g/mol. The molecule has 10 heteroatoms. The minimum absolute atomic E-state index is 0.0952. The Hall–Kier alpha value is -3.92. The molecule has 3 aromatic rings. The number of carbonyl (C=O) groups is 1. The Balaban J connectivity index is 1.91. The summed E-state index contributed by atoms with van der Waals surface area (Å²) in [5.41, 5.74) is 0.889. The van der Waals surface area contributed by atoms with Gasteiger partial charge in [0.1, 0.15) is 16.1 Å². The summed E-state index contributed by atoms with van der Waals surface area (Å²) >= 11 is 1.07. The molecule has 0 aliphatic heterocycles. The lowest BCUT2D eigenvalue weighted by Crippen LogP contribution is -2.20. The molecular formula is C20H18N4O5S. The Labute approximate surface area is 174 Å². The molecule has 0 aliphatic carbocycles. The zero-order valence-corrected chi connectivity index (χ0v) is 16.9. The van der Waals surface area contributed by atoms with Crippen molar-refractivity contribution in [3.05, 3.63) is 77.7 Å². The van der Waals surface area contributed by atoms with Gasteiger partial charge in [-0.05, 0) is 29.8 Å². The van der Waals surface area contributed by atoms with Gasteiger partial charge in [-0.1, -0.05) is 18.2 Å². The van der Waals surface area contributed by atoms with Crippen LogP contribution in [0.4, 0.5) is 17.1 Å². The second-order valence-corrected chi connectivity index (χ2v) is 7.13. The minimum Gasteiger partial charge on any atom is -0.495 e. The highest BCUT2D eigenvalue weighted by molar-refractivity contribution is 7.07. The van der Waals surface area contributed by atoms with Crippen LogP contribution >= 0.6 is 11.3 Å². The quantitative estimate of drug-likeness (QED) is 0.406. The van der Waals surface area contributed by atoms with Crippen LogP contribution in [0.2, 0.25) is 0 Å². The van der Waals surface area contributed by atoms with Crippen LogP contribution in [0.25, 0.3) is 12.2 Å². The van der Waals surface area contributed by atoms with Crippen LogP contribution < -0.4 is 30.1 Å². The van der Waals surface area contributed by atoms with Crippen LogP contribution in [0.5, 0.6) is 5.75 Å². The number of ether oxygens (including phenoxy) is 1. The third kappa shape index (κ3) is 4.73. The summed E-state index contributed by atoms with van der Waals surface area (Å²) in [6, 6.07) is 11.6. The third-order valence-electron chi connectivity index (χ3n) is 4.09. The van der Waals surface area contributed by atoms with E-state index in [0.29, 0.717) is 31.9 Å². The van der Waals surface area contributed by atoms with Gasteiger partial charge in [-0.25, -0.2) is 0 Å². The molecule has 154 valence electrons. The van der Waals surface area contributed by atoms with Crippen LogP contribution in [-0.4, -0.2) is 30.0 Å². The molecule has 30 heavy (non-hydrogen) atoms. The highest BCUT2D eigenvalue weighted by atomic mass is 32.1. The molecule has 0 atom stereocenters. The SMILES string of the molecule is CNc1ccc(/C=c2\s/c(=C\C(=O)Nc3ccccc3OC)[nH]c2=O)cc1[N+](=O)[O-]. The fourth-order valence-electron chi connectivity index (χ4n) is 2.71. The number of H-pyrrole nitrogens is 1. The van der Waals surface area contributed by atoms with Crippen molar-refractivity contribution in [2.24, 2.45) is 0 Å². The summed E-state index contributed by atoms with van der Waals surface area (Å²) in [7, 11) is 3.09. The molecule has 0 saturated carbocycles. The Kier molecular flexibility index (Phi) is 6.28. The van der Waals surface area contributed by atoms with Gasteiger partial charge in [-0.3, -0.25) is 19.7 Å². The number of anilines is 2. The van der Waals surface area contributed by atoms with Gasteiger partial charge in [0.2, 0.25) is 0 Å².